The van der Waals surface area contributed by atoms with Crippen molar-refractivity contribution in [2.45, 2.75) is 31.1 Å². The van der Waals surface area contributed by atoms with E-state index in [2.05, 4.69) is 25.0 Å². The summed E-state index contributed by atoms with van der Waals surface area (Å²) in [6.45, 7) is 0.137. The van der Waals surface area contributed by atoms with Crippen LogP contribution in [0.15, 0.2) is 36.9 Å². The van der Waals surface area contributed by atoms with Crippen LogP contribution in [0.2, 0.25) is 0 Å². The third-order valence-corrected chi connectivity index (χ3v) is 4.76. The number of nitrogens with zero attached hydrogens (tertiary/aromatic N) is 4. The Labute approximate surface area is 169 Å². The summed E-state index contributed by atoms with van der Waals surface area (Å²) >= 11 is 0. The van der Waals surface area contributed by atoms with Gasteiger partial charge in [-0.2, -0.15) is 0 Å². The van der Waals surface area contributed by atoms with Gasteiger partial charge >= 0.3 is 6.09 Å². The Kier molecular flexibility index (Phi) is 5.35. The number of ether oxygens (including phenoxy) is 2. The first-order valence-electron chi connectivity index (χ1n) is 9.07. The maximum atomic E-state index is 10.8. The van der Waals surface area contributed by atoms with E-state index in [0.29, 0.717) is 23.5 Å². The minimum atomic E-state index is -1.30. The summed E-state index contributed by atoms with van der Waals surface area (Å²) in [6, 6.07) is 6.73. The number of carbonyl (C=O) groups excluding carboxylic acids is 1. The van der Waals surface area contributed by atoms with Crippen LogP contribution in [-0.4, -0.2) is 65.9 Å². The molecule has 6 N–H and O–H groups in total. The van der Waals surface area contributed by atoms with Crippen LogP contribution >= 0.6 is 0 Å². The van der Waals surface area contributed by atoms with Crippen molar-refractivity contribution in [3.05, 3.63) is 42.5 Å². The lowest BCUT2D eigenvalue weighted by molar-refractivity contribution is -0.0526. The number of amides is 1. The zero-order valence-electron chi connectivity index (χ0n) is 15.6. The molecule has 2 aromatic heterocycles. The molecule has 30 heavy (non-hydrogen) atoms. The van der Waals surface area contributed by atoms with Crippen LogP contribution in [0.3, 0.4) is 0 Å². The van der Waals surface area contributed by atoms with E-state index in [1.54, 1.807) is 24.3 Å². The summed E-state index contributed by atoms with van der Waals surface area (Å²) in [7, 11) is 0. The number of nitrogens with one attached hydrogen (secondary N) is 1. The first kappa shape index (κ1) is 19.8. The smallest absolute Gasteiger partial charge is 0.404 e. The van der Waals surface area contributed by atoms with E-state index in [1.165, 1.54) is 17.2 Å². The number of aliphatic hydroxyl groups excluding tert-OH is 2. The summed E-state index contributed by atoms with van der Waals surface area (Å²) < 4.78 is 11.8. The quantitative estimate of drug-likeness (QED) is 0.363. The predicted molar refractivity (Wildman–Crippen MR) is 102 cm³/mol. The molecule has 1 aliphatic heterocycles. The number of nitrogens with two attached hydrogens (primary N) is 1. The fourth-order valence-electron chi connectivity index (χ4n) is 3.23. The zero-order valence-corrected chi connectivity index (χ0v) is 15.6. The molecule has 1 aliphatic rings. The lowest BCUT2D eigenvalue weighted by Gasteiger charge is -2.16. The average Bonchev–Trinajstić information content (AvgIpc) is 3.28. The number of fused-ring (bicyclic) bond motifs is 1. The lowest BCUT2D eigenvalue weighted by Crippen LogP contribution is -2.35. The van der Waals surface area contributed by atoms with E-state index in [1.807, 2.05) is 0 Å². The number of phenolic OH excluding ortho intramolecular Hbond substituents is 1. The molecule has 4 rings (SSSR count). The van der Waals surface area contributed by atoms with Crippen LogP contribution in [-0.2, 0) is 16.0 Å². The summed E-state index contributed by atoms with van der Waals surface area (Å²) in [6.07, 6.45) is -2.79. The maximum Gasteiger partial charge on any atom is 0.404 e. The number of aliphatic hydroxyl groups is 2. The monoisotopic (exact) mass is 416 g/mol. The second-order valence-electron chi connectivity index (χ2n) is 6.74. The van der Waals surface area contributed by atoms with Crippen LogP contribution < -0.4 is 11.1 Å². The highest BCUT2D eigenvalue weighted by Gasteiger charge is 2.44. The first-order chi connectivity index (χ1) is 14.4. The van der Waals surface area contributed by atoms with E-state index in [-0.39, 0.29) is 12.4 Å². The van der Waals surface area contributed by atoms with Gasteiger partial charge in [-0.05, 0) is 17.7 Å². The molecule has 1 aromatic carbocycles. The van der Waals surface area contributed by atoms with Gasteiger partial charge in [-0.3, -0.25) is 4.57 Å². The third-order valence-electron chi connectivity index (χ3n) is 4.76. The molecule has 1 saturated heterocycles. The number of primary amides is 1. The molecule has 4 atom stereocenters. The normalized spacial score (nSPS) is 23.5. The van der Waals surface area contributed by atoms with Crippen molar-refractivity contribution >= 4 is 23.1 Å². The molecule has 3 heterocycles. The van der Waals surface area contributed by atoms with Gasteiger partial charge in [0, 0.05) is 6.54 Å². The number of aromatic nitrogens is 4. The number of phenols is 1. The molecule has 3 aromatic rings. The summed E-state index contributed by atoms with van der Waals surface area (Å²) in [4.78, 5) is 23.5. The number of benzene rings is 1. The van der Waals surface area contributed by atoms with Crippen LogP contribution in [0.1, 0.15) is 11.8 Å². The molecule has 0 radical (unpaired) electrons. The van der Waals surface area contributed by atoms with E-state index in [0.717, 1.165) is 5.56 Å². The van der Waals surface area contributed by atoms with Crippen molar-refractivity contribution in [2.24, 2.45) is 5.73 Å². The molecule has 4 unspecified atom stereocenters. The van der Waals surface area contributed by atoms with Gasteiger partial charge in [0.2, 0.25) is 0 Å². The minimum Gasteiger partial charge on any atom is -0.508 e. The molecule has 0 aliphatic carbocycles. The van der Waals surface area contributed by atoms with Crippen molar-refractivity contribution in [3.63, 3.8) is 0 Å². The number of rotatable bonds is 6. The average molecular weight is 416 g/mol. The molecule has 12 nitrogen and oxygen atoms in total. The van der Waals surface area contributed by atoms with Gasteiger partial charge in [0.15, 0.2) is 23.2 Å². The van der Waals surface area contributed by atoms with Crippen LogP contribution in [0, 0.1) is 0 Å². The van der Waals surface area contributed by atoms with Gasteiger partial charge < -0.3 is 35.8 Å². The fourth-order valence-corrected chi connectivity index (χ4v) is 3.23. The lowest BCUT2D eigenvalue weighted by atomic mass is 10.1. The van der Waals surface area contributed by atoms with E-state index >= 15 is 0 Å². The Hall–Kier alpha value is -3.48. The van der Waals surface area contributed by atoms with Crippen molar-refractivity contribution in [1.29, 1.82) is 0 Å². The van der Waals surface area contributed by atoms with Crippen molar-refractivity contribution in [1.82, 2.24) is 19.5 Å². The highest BCUT2D eigenvalue weighted by atomic mass is 16.6. The largest absolute Gasteiger partial charge is 0.508 e. The summed E-state index contributed by atoms with van der Waals surface area (Å²) in [5.74, 6) is 0.646. The molecular weight excluding hydrogens is 396 g/mol. The molecule has 12 heteroatoms. The van der Waals surface area contributed by atoms with E-state index in [9.17, 15) is 20.1 Å². The molecular formula is C18H20N6O6. The van der Waals surface area contributed by atoms with Crippen LogP contribution in [0.5, 0.6) is 5.75 Å². The predicted octanol–water partition coefficient (Wildman–Crippen LogP) is -0.142. The van der Waals surface area contributed by atoms with Gasteiger partial charge in [0.1, 0.15) is 37.0 Å². The summed E-state index contributed by atoms with van der Waals surface area (Å²) in [5, 5.41) is 33.1. The Balaban J connectivity index is 1.54. The second kappa shape index (κ2) is 8.10. The topological polar surface area (TPSA) is 178 Å². The van der Waals surface area contributed by atoms with Crippen molar-refractivity contribution in [2.75, 3.05) is 11.9 Å². The first-order valence-corrected chi connectivity index (χ1v) is 9.07. The number of aromatic hydroxyl groups is 1. The van der Waals surface area contributed by atoms with Crippen LogP contribution in [0.25, 0.3) is 11.2 Å². The van der Waals surface area contributed by atoms with Gasteiger partial charge in [0.05, 0.1) is 6.33 Å². The van der Waals surface area contributed by atoms with Crippen molar-refractivity contribution in [3.8, 4) is 5.75 Å². The maximum absolute atomic E-state index is 10.8. The van der Waals surface area contributed by atoms with Gasteiger partial charge in [-0.1, -0.05) is 12.1 Å². The molecule has 1 amide bonds. The number of hydrogen-bond acceptors (Lipinski definition) is 10. The number of imidazole rings is 1. The number of anilines is 1. The SMILES string of the molecule is NC(=O)OCC1OC(n2cnc3c(NCc4ccc(O)cc4)ncnc32)C(O)C1O. The number of carbonyl (C=O) groups is 1. The van der Waals surface area contributed by atoms with Crippen LogP contribution in [0.4, 0.5) is 10.6 Å². The third kappa shape index (κ3) is 3.83. The highest BCUT2D eigenvalue weighted by molar-refractivity contribution is 5.82. The van der Waals surface area contributed by atoms with Gasteiger partial charge in [-0.15, -0.1) is 0 Å². The molecule has 158 valence electrons. The highest BCUT2D eigenvalue weighted by Crippen LogP contribution is 2.32. The van der Waals surface area contributed by atoms with Crippen molar-refractivity contribution < 1.29 is 29.6 Å². The van der Waals surface area contributed by atoms with Gasteiger partial charge in [0.25, 0.3) is 0 Å². The van der Waals surface area contributed by atoms with Gasteiger partial charge in [-0.25, -0.2) is 19.7 Å². The van der Waals surface area contributed by atoms with E-state index in [4.69, 9.17) is 10.5 Å². The molecule has 1 fully saturated rings. The Bertz CT molecular complexity index is 1040. The Morgan fingerprint density at radius 2 is 1.97 bits per heavy atom. The summed E-state index contributed by atoms with van der Waals surface area (Å²) in [5.41, 5.74) is 6.68. The number of hydrogen-bond donors (Lipinski definition) is 5. The van der Waals surface area contributed by atoms with E-state index < -0.39 is 30.6 Å². The zero-order chi connectivity index (χ0) is 21.3. The molecule has 0 saturated carbocycles. The standard InChI is InChI=1S/C18H20N6O6/c19-18(28)29-6-11-13(26)14(27)17(30-11)24-8-23-12-15(21-7-22-16(12)24)20-5-9-1-3-10(25)4-2-9/h1-4,7-8,11,13-14,17,25-27H,5-6H2,(H2,19,28)(H,20,21,22). The fraction of sp³-hybridized carbons (Fsp3) is 0.333. The Morgan fingerprint density at radius 1 is 1.20 bits per heavy atom. The minimum absolute atomic E-state index is 0.179. The molecule has 0 bridgehead atoms. The molecule has 0 spiro atoms. The second-order valence-corrected chi connectivity index (χ2v) is 6.74. The Morgan fingerprint density at radius 3 is 2.70 bits per heavy atom.